The number of nitrogens with zero attached hydrogens (tertiary/aromatic N) is 2. The smallest absolute Gasteiger partial charge is 0.260 e. The van der Waals surface area contributed by atoms with Gasteiger partial charge in [0.2, 0.25) is 0 Å². The van der Waals surface area contributed by atoms with Gasteiger partial charge < -0.3 is 20.2 Å². The Morgan fingerprint density at radius 3 is 2.64 bits per heavy atom. The number of hydrogen-bond acceptors (Lipinski definition) is 6. The van der Waals surface area contributed by atoms with Crippen LogP contribution in [0.1, 0.15) is 0 Å². The Hall–Kier alpha value is -3.09. The van der Waals surface area contributed by atoms with Gasteiger partial charge in [-0.05, 0) is 18.2 Å². The third kappa shape index (κ3) is 2.22. The van der Waals surface area contributed by atoms with E-state index in [4.69, 9.17) is 15.2 Å². The Bertz CT molecular complexity index is 905. The number of benzene rings is 1. The van der Waals surface area contributed by atoms with E-state index < -0.39 is 0 Å². The van der Waals surface area contributed by atoms with E-state index >= 15 is 0 Å². The summed E-state index contributed by atoms with van der Waals surface area (Å²) in [5.74, 6) is 1.42. The van der Waals surface area contributed by atoms with Crippen molar-refractivity contribution in [3.63, 3.8) is 0 Å². The molecule has 0 saturated heterocycles. The van der Waals surface area contributed by atoms with Crippen molar-refractivity contribution in [2.75, 3.05) is 20.0 Å². The van der Waals surface area contributed by atoms with Crippen molar-refractivity contribution in [2.45, 2.75) is 0 Å². The van der Waals surface area contributed by atoms with E-state index in [9.17, 15) is 4.79 Å². The molecule has 0 radical (unpaired) electrons. The molecule has 7 heteroatoms. The van der Waals surface area contributed by atoms with Crippen LogP contribution in [0.5, 0.6) is 11.5 Å². The highest BCUT2D eigenvalue weighted by atomic mass is 16.5. The van der Waals surface area contributed by atoms with Crippen molar-refractivity contribution in [1.82, 2.24) is 15.0 Å². The normalized spacial score (nSPS) is 10.6. The summed E-state index contributed by atoms with van der Waals surface area (Å²) in [6.07, 6.45) is 1.34. The minimum Gasteiger partial charge on any atom is -0.493 e. The van der Waals surface area contributed by atoms with Crippen molar-refractivity contribution >= 4 is 16.7 Å². The van der Waals surface area contributed by atoms with E-state index in [-0.39, 0.29) is 11.4 Å². The Balaban J connectivity index is 2.33. The molecule has 0 aliphatic heterocycles. The molecule has 2 heterocycles. The number of aromatic amines is 1. The molecule has 0 spiro atoms. The summed E-state index contributed by atoms with van der Waals surface area (Å²) < 4.78 is 10.5. The van der Waals surface area contributed by atoms with E-state index in [2.05, 4.69) is 15.0 Å². The second-order valence-corrected chi connectivity index (χ2v) is 4.59. The minimum absolute atomic E-state index is 0.276. The van der Waals surface area contributed by atoms with Gasteiger partial charge in [-0.25, -0.2) is 9.97 Å². The average molecular weight is 298 g/mol. The number of anilines is 1. The maximum atomic E-state index is 12.1. The monoisotopic (exact) mass is 298 g/mol. The van der Waals surface area contributed by atoms with Crippen LogP contribution in [-0.2, 0) is 0 Å². The van der Waals surface area contributed by atoms with Gasteiger partial charge in [-0.15, -0.1) is 0 Å². The maximum Gasteiger partial charge on any atom is 0.260 e. The molecule has 3 rings (SSSR count). The van der Waals surface area contributed by atoms with Crippen LogP contribution in [0.4, 0.5) is 5.82 Å². The summed E-state index contributed by atoms with van der Waals surface area (Å²) in [7, 11) is 3.10. The van der Waals surface area contributed by atoms with Crippen molar-refractivity contribution in [3.05, 3.63) is 40.9 Å². The van der Waals surface area contributed by atoms with Crippen LogP contribution in [0, 0.1) is 0 Å². The van der Waals surface area contributed by atoms with Crippen molar-refractivity contribution in [1.29, 1.82) is 0 Å². The molecule has 3 aromatic rings. The van der Waals surface area contributed by atoms with Gasteiger partial charge in [0, 0.05) is 11.6 Å². The van der Waals surface area contributed by atoms with Gasteiger partial charge in [-0.2, -0.15) is 0 Å². The first kappa shape index (κ1) is 13.9. The number of rotatable bonds is 3. The van der Waals surface area contributed by atoms with Crippen LogP contribution < -0.4 is 20.8 Å². The van der Waals surface area contributed by atoms with Gasteiger partial charge in [-0.3, -0.25) is 4.79 Å². The van der Waals surface area contributed by atoms with Crippen LogP contribution in [0.15, 0.2) is 35.4 Å². The molecule has 22 heavy (non-hydrogen) atoms. The molecule has 0 bridgehead atoms. The molecule has 0 amide bonds. The fraction of sp³-hybridized carbons (Fsp3) is 0.133. The zero-order valence-electron chi connectivity index (χ0n) is 12.1. The van der Waals surface area contributed by atoms with Crippen LogP contribution >= 0.6 is 0 Å². The molecule has 1 aromatic carbocycles. The first-order valence-electron chi connectivity index (χ1n) is 6.50. The minimum atomic E-state index is -0.276. The van der Waals surface area contributed by atoms with E-state index in [1.165, 1.54) is 6.33 Å². The first-order valence-corrected chi connectivity index (χ1v) is 6.50. The van der Waals surface area contributed by atoms with Gasteiger partial charge in [0.05, 0.1) is 37.1 Å². The van der Waals surface area contributed by atoms with E-state index in [0.29, 0.717) is 33.7 Å². The topological polar surface area (TPSA) is 103 Å². The van der Waals surface area contributed by atoms with Gasteiger partial charge in [0.15, 0.2) is 11.5 Å². The zero-order chi connectivity index (χ0) is 15.7. The lowest BCUT2D eigenvalue weighted by Gasteiger charge is -2.11. The molecule has 0 unspecified atom stereocenters. The number of hydrogen-bond donors (Lipinski definition) is 2. The molecular formula is C15H14N4O3. The highest BCUT2D eigenvalue weighted by molar-refractivity contribution is 5.93. The van der Waals surface area contributed by atoms with Crippen LogP contribution in [0.25, 0.3) is 22.2 Å². The highest BCUT2D eigenvalue weighted by Gasteiger charge is 2.14. The molecule has 7 nitrogen and oxygen atoms in total. The maximum absolute atomic E-state index is 12.1. The quantitative estimate of drug-likeness (QED) is 0.761. The van der Waals surface area contributed by atoms with Crippen LogP contribution in [0.3, 0.4) is 0 Å². The Kier molecular flexibility index (Phi) is 3.38. The number of aromatic nitrogens is 3. The lowest BCUT2D eigenvalue weighted by atomic mass is 10.1. The van der Waals surface area contributed by atoms with Crippen LogP contribution in [-0.4, -0.2) is 29.2 Å². The molecule has 0 aliphatic carbocycles. The summed E-state index contributed by atoms with van der Waals surface area (Å²) in [5, 5.41) is 0.379. The number of methoxy groups -OCH3 is 2. The summed E-state index contributed by atoms with van der Waals surface area (Å²) in [5.41, 5.74) is 7.17. The highest BCUT2D eigenvalue weighted by Crippen LogP contribution is 2.33. The van der Waals surface area contributed by atoms with Gasteiger partial charge in [-0.1, -0.05) is 0 Å². The molecule has 2 aromatic heterocycles. The molecule has 0 saturated carbocycles. The Labute approximate surface area is 125 Å². The molecule has 0 aliphatic rings. The van der Waals surface area contributed by atoms with Gasteiger partial charge >= 0.3 is 0 Å². The number of nitrogens with two attached hydrogens (primary N) is 1. The lowest BCUT2D eigenvalue weighted by molar-refractivity contribution is 0.355. The van der Waals surface area contributed by atoms with E-state index in [1.54, 1.807) is 38.5 Å². The first-order chi connectivity index (χ1) is 10.6. The number of nitrogens with one attached hydrogen (secondary N) is 1. The van der Waals surface area contributed by atoms with Crippen LogP contribution in [0.2, 0.25) is 0 Å². The predicted octanol–water partition coefficient (Wildman–Crippen LogP) is 1.58. The van der Waals surface area contributed by atoms with E-state index in [0.717, 1.165) is 0 Å². The fourth-order valence-corrected chi connectivity index (χ4v) is 2.30. The lowest BCUT2D eigenvalue weighted by Crippen LogP contribution is -2.09. The predicted molar refractivity (Wildman–Crippen MR) is 83.1 cm³/mol. The summed E-state index contributed by atoms with van der Waals surface area (Å²) in [4.78, 5) is 23.1. The van der Waals surface area contributed by atoms with Crippen molar-refractivity contribution < 1.29 is 9.47 Å². The molecule has 3 N–H and O–H groups in total. The SMILES string of the molecule is COc1ccc(-c2nc(N)cc3nc[nH]c(=O)c23)cc1OC. The summed E-state index contributed by atoms with van der Waals surface area (Å²) >= 11 is 0. The van der Waals surface area contributed by atoms with Gasteiger partial charge in [0.25, 0.3) is 5.56 Å². The Morgan fingerprint density at radius 1 is 1.14 bits per heavy atom. The zero-order valence-corrected chi connectivity index (χ0v) is 12.1. The summed E-state index contributed by atoms with van der Waals surface area (Å²) in [6, 6.07) is 6.84. The third-order valence-corrected chi connectivity index (χ3v) is 3.30. The summed E-state index contributed by atoms with van der Waals surface area (Å²) in [6.45, 7) is 0. The largest absolute Gasteiger partial charge is 0.493 e. The number of ether oxygens (including phenoxy) is 2. The third-order valence-electron chi connectivity index (χ3n) is 3.30. The molecule has 0 fully saturated rings. The fourth-order valence-electron chi connectivity index (χ4n) is 2.30. The van der Waals surface area contributed by atoms with Crippen molar-refractivity contribution in [2.24, 2.45) is 0 Å². The molecular weight excluding hydrogens is 284 g/mol. The second-order valence-electron chi connectivity index (χ2n) is 4.59. The van der Waals surface area contributed by atoms with Gasteiger partial charge in [0.1, 0.15) is 5.82 Å². The number of H-pyrrole nitrogens is 1. The van der Waals surface area contributed by atoms with Crippen molar-refractivity contribution in [3.8, 4) is 22.8 Å². The standard InChI is InChI=1S/C15H14N4O3/c1-21-10-4-3-8(5-11(10)22-2)14-13-9(6-12(16)19-14)17-7-18-15(13)20/h3-7H,1-2H3,(H2,16,19)(H,17,18,20). The number of fused-ring (bicyclic) bond motifs is 1. The number of nitrogen functional groups attached to an aromatic ring is 1. The molecule has 112 valence electrons. The Morgan fingerprint density at radius 2 is 1.91 bits per heavy atom. The second kappa shape index (κ2) is 5.36. The average Bonchev–Trinajstić information content (AvgIpc) is 2.53. The molecule has 0 atom stereocenters. The number of pyridine rings is 1. The van der Waals surface area contributed by atoms with E-state index in [1.807, 2.05) is 0 Å².